The average Bonchev–Trinajstić information content (AvgIpc) is 3.09. The van der Waals surface area contributed by atoms with Crippen molar-refractivity contribution >= 4 is 35.0 Å². The van der Waals surface area contributed by atoms with E-state index in [-0.39, 0.29) is 36.2 Å². The number of carboxylic acid groups (broad SMARTS) is 1. The number of aromatic nitrogens is 2. The van der Waals surface area contributed by atoms with Gasteiger partial charge in [-0.1, -0.05) is 60.6 Å². The first-order valence-electron chi connectivity index (χ1n) is 9.12. The van der Waals surface area contributed by atoms with Crippen molar-refractivity contribution in [3.05, 3.63) is 76.6 Å². The van der Waals surface area contributed by atoms with E-state index in [0.29, 0.717) is 22.8 Å². The summed E-state index contributed by atoms with van der Waals surface area (Å²) in [6.45, 7) is 2.53. The molecular formula is C21H21ClN3NaO3S. The Labute approximate surface area is 207 Å². The SMILES string of the molecule is CCSc1ncc(CO)n1Cc1ccc(NC(C(=O)[O-])c2ccccc2Cl)cc1.[Na+]. The molecule has 1 atom stereocenters. The van der Waals surface area contributed by atoms with E-state index in [1.54, 1.807) is 42.2 Å². The molecule has 3 rings (SSSR count). The molecule has 0 amide bonds. The molecule has 0 aliphatic heterocycles. The van der Waals surface area contributed by atoms with Crippen molar-refractivity contribution in [2.24, 2.45) is 0 Å². The molecule has 0 aliphatic carbocycles. The number of nitrogens with one attached hydrogen (secondary N) is 1. The molecule has 0 aliphatic rings. The Morgan fingerprint density at radius 3 is 2.57 bits per heavy atom. The Kier molecular flexibility index (Phi) is 9.74. The zero-order valence-electron chi connectivity index (χ0n) is 16.8. The first kappa shape index (κ1) is 24.8. The molecule has 1 heterocycles. The third-order valence-electron chi connectivity index (χ3n) is 4.39. The van der Waals surface area contributed by atoms with Crippen molar-refractivity contribution in [3.8, 4) is 0 Å². The second-order valence-electron chi connectivity index (χ2n) is 6.32. The van der Waals surface area contributed by atoms with Crippen LogP contribution in [0.25, 0.3) is 0 Å². The van der Waals surface area contributed by atoms with Crippen LogP contribution in [0.4, 0.5) is 5.69 Å². The number of rotatable bonds is 9. The van der Waals surface area contributed by atoms with Crippen molar-refractivity contribution in [3.63, 3.8) is 0 Å². The molecule has 6 nitrogen and oxygen atoms in total. The quantitative estimate of drug-likeness (QED) is 0.353. The fourth-order valence-corrected chi connectivity index (χ4v) is 3.93. The van der Waals surface area contributed by atoms with Crippen LogP contribution in [0.1, 0.15) is 29.8 Å². The van der Waals surface area contributed by atoms with Crippen LogP contribution in [-0.2, 0) is 17.9 Å². The van der Waals surface area contributed by atoms with Gasteiger partial charge in [-0.3, -0.25) is 0 Å². The molecule has 0 bridgehead atoms. The van der Waals surface area contributed by atoms with Gasteiger partial charge in [0.2, 0.25) is 0 Å². The number of carboxylic acids is 1. The number of aliphatic hydroxyl groups excluding tert-OH is 1. The molecule has 1 aromatic heterocycles. The van der Waals surface area contributed by atoms with Gasteiger partial charge in [0.05, 0.1) is 30.5 Å². The number of aliphatic hydroxyl groups is 1. The number of nitrogens with zero attached hydrogens (tertiary/aromatic N) is 2. The fraction of sp³-hybridized carbons (Fsp3) is 0.238. The van der Waals surface area contributed by atoms with Crippen LogP contribution in [0.3, 0.4) is 0 Å². The molecule has 152 valence electrons. The van der Waals surface area contributed by atoms with Gasteiger partial charge in [0.15, 0.2) is 5.16 Å². The summed E-state index contributed by atoms with van der Waals surface area (Å²) in [5.74, 6) is -0.369. The number of carbonyl (C=O) groups is 1. The average molecular weight is 454 g/mol. The minimum atomic E-state index is -1.26. The number of thioether (sulfide) groups is 1. The predicted octanol–water partition coefficient (Wildman–Crippen LogP) is 0.0962. The normalized spacial score (nSPS) is 11.6. The van der Waals surface area contributed by atoms with Gasteiger partial charge in [0.25, 0.3) is 0 Å². The summed E-state index contributed by atoms with van der Waals surface area (Å²) in [5, 5.41) is 25.4. The van der Waals surface area contributed by atoms with Crippen LogP contribution in [0.5, 0.6) is 0 Å². The zero-order chi connectivity index (χ0) is 20.8. The van der Waals surface area contributed by atoms with E-state index in [2.05, 4.69) is 17.2 Å². The summed E-state index contributed by atoms with van der Waals surface area (Å²) in [6.07, 6.45) is 1.68. The van der Waals surface area contributed by atoms with E-state index in [9.17, 15) is 15.0 Å². The van der Waals surface area contributed by atoms with Gasteiger partial charge >= 0.3 is 29.6 Å². The second kappa shape index (κ2) is 11.8. The number of imidazole rings is 1. The summed E-state index contributed by atoms with van der Waals surface area (Å²) < 4.78 is 1.98. The number of halogens is 1. The summed E-state index contributed by atoms with van der Waals surface area (Å²) in [6, 6.07) is 13.2. The minimum Gasteiger partial charge on any atom is -0.548 e. The van der Waals surface area contributed by atoms with Crippen molar-refractivity contribution in [1.82, 2.24) is 9.55 Å². The van der Waals surface area contributed by atoms with Crippen molar-refractivity contribution in [1.29, 1.82) is 0 Å². The first-order chi connectivity index (χ1) is 14.0. The maximum Gasteiger partial charge on any atom is 1.00 e. The third kappa shape index (κ3) is 6.03. The number of benzene rings is 2. The molecule has 0 saturated carbocycles. The van der Waals surface area contributed by atoms with E-state index in [4.69, 9.17) is 11.6 Å². The molecule has 2 N–H and O–H groups in total. The van der Waals surface area contributed by atoms with Crippen molar-refractivity contribution in [2.45, 2.75) is 31.3 Å². The Morgan fingerprint density at radius 2 is 1.97 bits per heavy atom. The summed E-state index contributed by atoms with van der Waals surface area (Å²) in [5.41, 5.74) is 2.84. The number of anilines is 1. The largest absolute Gasteiger partial charge is 1.00 e. The van der Waals surface area contributed by atoms with Gasteiger partial charge in [-0.2, -0.15) is 0 Å². The standard InChI is InChI=1S/C21H22ClN3O3S.Na/c1-2-29-21-23-11-16(13-26)25(21)12-14-7-9-15(10-8-14)24-19(20(27)28)17-5-3-4-6-18(17)22;/h3-11,19,24,26H,2,12-13H2,1H3,(H,27,28);/q;+1/p-1. The molecule has 0 spiro atoms. The maximum atomic E-state index is 11.6. The van der Waals surface area contributed by atoms with Crippen LogP contribution in [0.2, 0.25) is 5.02 Å². The Balaban J connectivity index is 0.00000320. The van der Waals surface area contributed by atoms with Gasteiger partial charge in [0, 0.05) is 17.3 Å². The Bertz CT molecular complexity index is 982. The molecule has 9 heteroatoms. The van der Waals surface area contributed by atoms with Crippen LogP contribution in [-0.4, -0.2) is 26.4 Å². The summed E-state index contributed by atoms with van der Waals surface area (Å²) in [7, 11) is 0. The van der Waals surface area contributed by atoms with Crippen LogP contribution in [0.15, 0.2) is 59.9 Å². The topological polar surface area (TPSA) is 90.2 Å². The molecule has 30 heavy (non-hydrogen) atoms. The third-order valence-corrected chi connectivity index (χ3v) is 5.61. The van der Waals surface area contributed by atoms with Gasteiger partial charge in [-0.05, 0) is 35.1 Å². The minimum absolute atomic E-state index is 0. The predicted molar refractivity (Wildman–Crippen MR) is 113 cm³/mol. The molecule has 0 saturated heterocycles. The van der Waals surface area contributed by atoms with Crippen molar-refractivity contribution < 1.29 is 44.6 Å². The van der Waals surface area contributed by atoms with Gasteiger partial charge in [0.1, 0.15) is 0 Å². The fourth-order valence-electron chi connectivity index (χ4n) is 2.96. The van der Waals surface area contributed by atoms with Crippen molar-refractivity contribution in [2.75, 3.05) is 11.1 Å². The smallest absolute Gasteiger partial charge is 0.548 e. The number of carbonyl (C=O) groups excluding carboxylic acids is 1. The summed E-state index contributed by atoms with van der Waals surface area (Å²) >= 11 is 7.76. The molecule has 3 aromatic rings. The zero-order valence-corrected chi connectivity index (χ0v) is 20.4. The van der Waals surface area contributed by atoms with E-state index in [1.165, 1.54) is 0 Å². The second-order valence-corrected chi connectivity index (χ2v) is 7.96. The van der Waals surface area contributed by atoms with Gasteiger partial charge in [-0.25, -0.2) is 4.98 Å². The summed E-state index contributed by atoms with van der Waals surface area (Å²) in [4.78, 5) is 16.0. The molecule has 1 unspecified atom stereocenters. The monoisotopic (exact) mass is 453 g/mol. The van der Waals surface area contributed by atoms with Gasteiger partial charge < -0.3 is 24.9 Å². The first-order valence-corrected chi connectivity index (χ1v) is 10.5. The molecule has 0 radical (unpaired) electrons. The Morgan fingerprint density at radius 1 is 1.27 bits per heavy atom. The molecule has 0 fully saturated rings. The number of aliphatic carboxylic acids is 1. The van der Waals surface area contributed by atoms with E-state index >= 15 is 0 Å². The van der Waals surface area contributed by atoms with Gasteiger partial charge in [-0.15, -0.1) is 0 Å². The van der Waals surface area contributed by atoms with E-state index in [1.807, 2.05) is 28.8 Å². The number of hydrogen-bond acceptors (Lipinski definition) is 6. The molecule has 2 aromatic carbocycles. The van der Waals surface area contributed by atoms with Crippen LogP contribution < -0.4 is 40.0 Å². The van der Waals surface area contributed by atoms with Crippen LogP contribution >= 0.6 is 23.4 Å². The Hall–Kier alpha value is -1.48. The maximum absolute atomic E-state index is 11.6. The number of hydrogen-bond donors (Lipinski definition) is 2. The van der Waals surface area contributed by atoms with E-state index in [0.717, 1.165) is 22.2 Å². The molecular weight excluding hydrogens is 433 g/mol. The van der Waals surface area contributed by atoms with Crippen LogP contribution in [0, 0.1) is 0 Å². The van der Waals surface area contributed by atoms with E-state index < -0.39 is 12.0 Å².